The van der Waals surface area contributed by atoms with Crippen molar-refractivity contribution in [3.63, 3.8) is 0 Å². The lowest BCUT2D eigenvalue weighted by atomic mass is 10.1. The lowest BCUT2D eigenvalue weighted by Gasteiger charge is -2.18. The Labute approximate surface area is 125 Å². The Morgan fingerprint density at radius 3 is 2.70 bits per heavy atom. The first-order valence-electron chi connectivity index (χ1n) is 6.85. The SMILES string of the molecule is CC(C)C(C)NC(=O)COc1c(Cl)cccc1CCN. The zero-order valence-electron chi connectivity index (χ0n) is 12.3. The number of ether oxygens (including phenoxy) is 1. The summed E-state index contributed by atoms with van der Waals surface area (Å²) >= 11 is 6.11. The molecule has 1 rings (SSSR count). The molecular formula is C15H23ClN2O2. The molecule has 0 aliphatic heterocycles. The molecule has 1 aromatic rings. The highest BCUT2D eigenvalue weighted by atomic mass is 35.5. The van der Waals surface area contributed by atoms with Gasteiger partial charge in [0, 0.05) is 6.04 Å². The first kappa shape index (κ1) is 16.8. The summed E-state index contributed by atoms with van der Waals surface area (Å²) in [5.41, 5.74) is 6.48. The van der Waals surface area contributed by atoms with Gasteiger partial charge in [-0.15, -0.1) is 0 Å². The highest BCUT2D eigenvalue weighted by Gasteiger charge is 2.13. The van der Waals surface area contributed by atoms with Crippen molar-refractivity contribution < 1.29 is 9.53 Å². The van der Waals surface area contributed by atoms with E-state index in [9.17, 15) is 4.79 Å². The van der Waals surface area contributed by atoms with Crippen molar-refractivity contribution in [3.05, 3.63) is 28.8 Å². The molecule has 112 valence electrons. The van der Waals surface area contributed by atoms with E-state index in [0.29, 0.717) is 29.7 Å². The van der Waals surface area contributed by atoms with Crippen LogP contribution in [0.1, 0.15) is 26.3 Å². The fourth-order valence-corrected chi connectivity index (χ4v) is 1.92. The van der Waals surface area contributed by atoms with Crippen LogP contribution in [0.3, 0.4) is 0 Å². The van der Waals surface area contributed by atoms with E-state index in [0.717, 1.165) is 5.56 Å². The van der Waals surface area contributed by atoms with Crippen LogP contribution in [-0.2, 0) is 11.2 Å². The molecule has 0 spiro atoms. The smallest absolute Gasteiger partial charge is 0.258 e. The number of hydrogen-bond donors (Lipinski definition) is 2. The minimum Gasteiger partial charge on any atom is -0.482 e. The second-order valence-corrected chi connectivity index (χ2v) is 5.56. The van der Waals surface area contributed by atoms with Gasteiger partial charge in [0.1, 0.15) is 5.75 Å². The third-order valence-corrected chi connectivity index (χ3v) is 3.50. The van der Waals surface area contributed by atoms with Gasteiger partial charge in [0.15, 0.2) is 6.61 Å². The van der Waals surface area contributed by atoms with Gasteiger partial charge in [0.2, 0.25) is 0 Å². The van der Waals surface area contributed by atoms with E-state index in [1.54, 1.807) is 6.07 Å². The van der Waals surface area contributed by atoms with E-state index in [-0.39, 0.29) is 18.6 Å². The Morgan fingerprint density at radius 1 is 1.40 bits per heavy atom. The normalized spacial score (nSPS) is 12.3. The molecule has 0 aliphatic rings. The largest absolute Gasteiger partial charge is 0.482 e. The van der Waals surface area contributed by atoms with E-state index < -0.39 is 0 Å². The lowest BCUT2D eigenvalue weighted by Crippen LogP contribution is -2.39. The molecule has 20 heavy (non-hydrogen) atoms. The Morgan fingerprint density at radius 2 is 2.10 bits per heavy atom. The van der Waals surface area contributed by atoms with Crippen molar-refractivity contribution in [2.24, 2.45) is 11.7 Å². The average Bonchev–Trinajstić information content (AvgIpc) is 2.38. The van der Waals surface area contributed by atoms with Crippen LogP contribution in [0.4, 0.5) is 0 Å². The summed E-state index contributed by atoms with van der Waals surface area (Å²) < 4.78 is 5.56. The minimum atomic E-state index is -0.148. The monoisotopic (exact) mass is 298 g/mol. The van der Waals surface area contributed by atoms with E-state index in [1.807, 2.05) is 19.1 Å². The van der Waals surface area contributed by atoms with Gasteiger partial charge in [-0.1, -0.05) is 37.6 Å². The van der Waals surface area contributed by atoms with E-state index in [2.05, 4.69) is 19.2 Å². The predicted octanol–water partition coefficient (Wildman–Crippen LogP) is 2.38. The van der Waals surface area contributed by atoms with Crippen molar-refractivity contribution in [1.29, 1.82) is 0 Å². The summed E-state index contributed by atoms with van der Waals surface area (Å²) in [6.07, 6.45) is 0.667. The Bertz CT molecular complexity index is 449. The molecule has 5 heteroatoms. The molecule has 1 aromatic carbocycles. The van der Waals surface area contributed by atoms with Crippen LogP contribution in [0.5, 0.6) is 5.75 Å². The summed E-state index contributed by atoms with van der Waals surface area (Å²) in [6.45, 7) is 6.54. The van der Waals surface area contributed by atoms with Crippen LogP contribution in [0.15, 0.2) is 18.2 Å². The van der Waals surface area contributed by atoms with Crippen LogP contribution in [0, 0.1) is 5.92 Å². The molecule has 0 radical (unpaired) electrons. The van der Waals surface area contributed by atoms with Crippen LogP contribution in [-0.4, -0.2) is 25.1 Å². The zero-order valence-corrected chi connectivity index (χ0v) is 13.0. The van der Waals surface area contributed by atoms with Crippen molar-refractivity contribution in [3.8, 4) is 5.75 Å². The quantitative estimate of drug-likeness (QED) is 0.812. The molecule has 0 aromatic heterocycles. The highest BCUT2D eigenvalue weighted by Crippen LogP contribution is 2.28. The van der Waals surface area contributed by atoms with E-state index >= 15 is 0 Å². The number of nitrogens with two attached hydrogens (primary N) is 1. The van der Waals surface area contributed by atoms with Crippen LogP contribution >= 0.6 is 11.6 Å². The van der Waals surface area contributed by atoms with Gasteiger partial charge in [0.25, 0.3) is 5.91 Å². The maximum atomic E-state index is 11.8. The average molecular weight is 299 g/mol. The maximum Gasteiger partial charge on any atom is 0.258 e. The van der Waals surface area contributed by atoms with Crippen molar-refractivity contribution >= 4 is 17.5 Å². The van der Waals surface area contributed by atoms with E-state index in [4.69, 9.17) is 22.1 Å². The third kappa shape index (κ3) is 5.02. The third-order valence-electron chi connectivity index (χ3n) is 3.20. The van der Waals surface area contributed by atoms with Crippen LogP contribution < -0.4 is 15.8 Å². The Balaban J connectivity index is 2.63. The molecule has 0 bridgehead atoms. The molecule has 1 amide bonds. The summed E-state index contributed by atoms with van der Waals surface area (Å²) in [4.78, 5) is 11.8. The Hall–Kier alpha value is -1.26. The standard InChI is InChI=1S/C15H23ClN2O2/c1-10(2)11(3)18-14(19)9-20-15-12(7-8-17)5-4-6-13(15)16/h4-6,10-11H,7-9,17H2,1-3H3,(H,18,19). The molecule has 0 saturated heterocycles. The molecule has 0 fully saturated rings. The number of hydrogen-bond acceptors (Lipinski definition) is 3. The van der Waals surface area contributed by atoms with Crippen molar-refractivity contribution in [2.75, 3.05) is 13.2 Å². The maximum absolute atomic E-state index is 11.8. The summed E-state index contributed by atoms with van der Waals surface area (Å²) in [6, 6.07) is 5.61. The molecule has 0 heterocycles. The summed E-state index contributed by atoms with van der Waals surface area (Å²) in [7, 11) is 0. The first-order chi connectivity index (χ1) is 9.45. The number of rotatable bonds is 7. The number of nitrogens with one attached hydrogen (secondary N) is 1. The fraction of sp³-hybridized carbons (Fsp3) is 0.533. The molecular weight excluding hydrogens is 276 g/mol. The van der Waals surface area contributed by atoms with Gasteiger partial charge >= 0.3 is 0 Å². The Kier molecular flexibility index (Phi) is 6.82. The molecule has 0 saturated carbocycles. The number of para-hydroxylation sites is 1. The number of halogens is 1. The number of benzene rings is 1. The topological polar surface area (TPSA) is 64.3 Å². The molecule has 0 aliphatic carbocycles. The predicted molar refractivity (Wildman–Crippen MR) is 82.1 cm³/mol. The molecule has 4 nitrogen and oxygen atoms in total. The second kappa shape index (κ2) is 8.12. The van der Waals surface area contributed by atoms with Gasteiger partial charge in [0.05, 0.1) is 5.02 Å². The summed E-state index contributed by atoms with van der Waals surface area (Å²) in [5.74, 6) is 0.781. The minimum absolute atomic E-state index is 0.0433. The van der Waals surface area contributed by atoms with Gasteiger partial charge in [-0.3, -0.25) is 4.79 Å². The molecule has 3 N–H and O–H groups in total. The van der Waals surface area contributed by atoms with Gasteiger partial charge in [-0.05, 0) is 37.4 Å². The zero-order chi connectivity index (χ0) is 15.1. The molecule has 1 unspecified atom stereocenters. The van der Waals surface area contributed by atoms with Crippen molar-refractivity contribution in [1.82, 2.24) is 5.32 Å². The number of amides is 1. The number of carbonyl (C=O) groups is 1. The van der Waals surface area contributed by atoms with E-state index in [1.165, 1.54) is 0 Å². The van der Waals surface area contributed by atoms with Crippen LogP contribution in [0.25, 0.3) is 0 Å². The van der Waals surface area contributed by atoms with Gasteiger partial charge < -0.3 is 15.8 Å². The fourth-order valence-electron chi connectivity index (χ4n) is 1.67. The second-order valence-electron chi connectivity index (χ2n) is 5.16. The number of carbonyl (C=O) groups excluding carboxylic acids is 1. The van der Waals surface area contributed by atoms with Gasteiger partial charge in [-0.2, -0.15) is 0 Å². The lowest BCUT2D eigenvalue weighted by molar-refractivity contribution is -0.124. The molecule has 1 atom stereocenters. The summed E-state index contributed by atoms with van der Waals surface area (Å²) in [5, 5.41) is 3.39. The first-order valence-corrected chi connectivity index (χ1v) is 7.23. The van der Waals surface area contributed by atoms with Crippen LogP contribution in [0.2, 0.25) is 5.02 Å². The highest BCUT2D eigenvalue weighted by molar-refractivity contribution is 6.32. The van der Waals surface area contributed by atoms with Gasteiger partial charge in [-0.25, -0.2) is 0 Å². The van der Waals surface area contributed by atoms with Crippen molar-refractivity contribution in [2.45, 2.75) is 33.2 Å².